The first-order chi connectivity index (χ1) is 8.16. The van der Waals surface area contributed by atoms with Crippen molar-refractivity contribution in [2.75, 3.05) is 0 Å². The van der Waals surface area contributed by atoms with Gasteiger partial charge >= 0.3 is 0 Å². The van der Waals surface area contributed by atoms with Gasteiger partial charge in [-0.05, 0) is 28.5 Å². The Bertz CT molecular complexity index is 666. The first-order valence-electron chi connectivity index (χ1n) is 5.75. The van der Waals surface area contributed by atoms with E-state index in [1.165, 1.54) is 21.6 Å². The van der Waals surface area contributed by atoms with E-state index < -0.39 is 0 Å². The van der Waals surface area contributed by atoms with Crippen LogP contribution in [-0.4, -0.2) is 3.42 Å². The minimum absolute atomic E-state index is 0.144. The standard InChI is InChI=1S/C16H13I/c1-16(17)10-13-8-5-9-14(15(13)11-16)12-6-3-2-4-7-12/h2-11H,1H3. The molecule has 3 rings (SSSR count). The molecule has 0 saturated carbocycles. The summed E-state index contributed by atoms with van der Waals surface area (Å²) in [7, 11) is 0. The van der Waals surface area contributed by atoms with Crippen molar-refractivity contribution in [1.29, 1.82) is 0 Å². The molecule has 2 aromatic rings. The molecular weight excluding hydrogens is 319 g/mol. The summed E-state index contributed by atoms with van der Waals surface area (Å²) >= 11 is 2.49. The van der Waals surface area contributed by atoms with E-state index in [-0.39, 0.29) is 3.42 Å². The molecule has 0 aromatic heterocycles. The van der Waals surface area contributed by atoms with Crippen LogP contribution in [0.3, 0.4) is 0 Å². The number of alkyl halides is 1. The van der Waals surface area contributed by atoms with Crippen molar-refractivity contribution in [2.45, 2.75) is 10.3 Å². The lowest BCUT2D eigenvalue weighted by Gasteiger charge is -2.06. The van der Waals surface area contributed by atoms with E-state index in [0.717, 1.165) is 0 Å². The van der Waals surface area contributed by atoms with Crippen LogP contribution in [0.1, 0.15) is 6.92 Å². The molecule has 84 valence electrons. The first kappa shape index (κ1) is 11.0. The highest BCUT2D eigenvalue weighted by atomic mass is 127. The molecular formula is C16H13I. The van der Waals surface area contributed by atoms with Gasteiger partial charge in [0.05, 0.1) is 3.42 Å². The second-order valence-electron chi connectivity index (χ2n) is 4.61. The number of hydrogen-bond acceptors (Lipinski definition) is 0. The van der Waals surface area contributed by atoms with Crippen LogP contribution in [0.4, 0.5) is 0 Å². The van der Waals surface area contributed by atoms with Gasteiger partial charge in [-0.2, -0.15) is 0 Å². The Labute approximate surface area is 115 Å². The number of hydrogen-bond donors (Lipinski definition) is 0. The first-order valence-corrected chi connectivity index (χ1v) is 6.83. The van der Waals surface area contributed by atoms with Gasteiger partial charge < -0.3 is 0 Å². The molecule has 2 aromatic carbocycles. The Morgan fingerprint density at radius 1 is 0.882 bits per heavy atom. The minimum atomic E-state index is 0.144. The fraction of sp³-hybridized carbons (Fsp3) is 0.125. The predicted molar refractivity (Wildman–Crippen MR) is 82.5 cm³/mol. The summed E-state index contributed by atoms with van der Waals surface area (Å²) in [5.74, 6) is 0. The van der Waals surface area contributed by atoms with Gasteiger partial charge in [0.15, 0.2) is 0 Å². The maximum atomic E-state index is 2.49. The summed E-state index contributed by atoms with van der Waals surface area (Å²) in [5.41, 5.74) is 2.63. The van der Waals surface area contributed by atoms with E-state index in [0.29, 0.717) is 0 Å². The summed E-state index contributed by atoms with van der Waals surface area (Å²) in [5, 5.41) is 2.72. The molecule has 0 heterocycles. The van der Waals surface area contributed by atoms with Crippen molar-refractivity contribution in [1.82, 2.24) is 0 Å². The molecule has 17 heavy (non-hydrogen) atoms. The van der Waals surface area contributed by atoms with Crippen molar-refractivity contribution in [3.63, 3.8) is 0 Å². The van der Waals surface area contributed by atoms with Crippen molar-refractivity contribution in [3.8, 4) is 11.1 Å². The van der Waals surface area contributed by atoms with E-state index in [1.807, 2.05) is 0 Å². The molecule has 1 aliphatic rings. The maximum absolute atomic E-state index is 2.49. The molecule has 1 unspecified atom stereocenters. The van der Waals surface area contributed by atoms with Gasteiger partial charge in [0, 0.05) is 0 Å². The van der Waals surface area contributed by atoms with Crippen molar-refractivity contribution >= 4 is 34.7 Å². The average molecular weight is 332 g/mol. The second kappa shape index (κ2) is 3.98. The zero-order valence-electron chi connectivity index (χ0n) is 9.65. The smallest absolute Gasteiger partial charge is 0.0570 e. The highest BCUT2D eigenvalue weighted by molar-refractivity contribution is 14.1. The molecule has 1 atom stereocenters. The molecule has 1 heteroatoms. The largest absolute Gasteiger partial charge is 0.0700 e. The monoisotopic (exact) mass is 332 g/mol. The fourth-order valence-corrected chi connectivity index (χ4v) is 3.01. The normalized spacial score (nSPS) is 21.5. The number of fused-ring (bicyclic) bond motifs is 1. The number of benzene rings is 2. The summed E-state index contributed by atoms with van der Waals surface area (Å²) in [6, 6.07) is 17.1. The zero-order valence-corrected chi connectivity index (χ0v) is 11.8. The molecule has 1 aliphatic carbocycles. The number of halogens is 1. The Morgan fingerprint density at radius 3 is 2.41 bits per heavy atom. The summed E-state index contributed by atoms with van der Waals surface area (Å²) in [4.78, 5) is 0. The molecule has 0 aliphatic heterocycles. The maximum Gasteiger partial charge on any atom is 0.0570 e. The SMILES string of the molecule is CC1(I)C=c2cccc(-c3ccccc3)c2=C1. The molecule has 0 nitrogen and oxygen atoms in total. The van der Waals surface area contributed by atoms with E-state index in [4.69, 9.17) is 0 Å². The van der Waals surface area contributed by atoms with E-state index in [1.54, 1.807) is 0 Å². The lowest BCUT2D eigenvalue weighted by molar-refractivity contribution is 1.20. The topological polar surface area (TPSA) is 0 Å². The van der Waals surface area contributed by atoms with Crippen molar-refractivity contribution < 1.29 is 0 Å². The minimum Gasteiger partial charge on any atom is -0.0700 e. The van der Waals surface area contributed by atoms with Crippen LogP contribution in [0.25, 0.3) is 23.3 Å². The van der Waals surface area contributed by atoms with Crippen LogP contribution < -0.4 is 10.4 Å². The van der Waals surface area contributed by atoms with E-state index >= 15 is 0 Å². The quantitative estimate of drug-likeness (QED) is 0.556. The third-order valence-corrected chi connectivity index (χ3v) is 3.71. The van der Waals surface area contributed by atoms with Gasteiger partial charge in [-0.25, -0.2) is 0 Å². The molecule has 0 fully saturated rings. The third-order valence-electron chi connectivity index (χ3n) is 3.09. The van der Waals surface area contributed by atoms with Crippen LogP contribution in [0, 0.1) is 0 Å². The second-order valence-corrected chi connectivity index (χ2v) is 6.94. The van der Waals surface area contributed by atoms with Crippen LogP contribution in [0.2, 0.25) is 0 Å². The lowest BCUT2D eigenvalue weighted by Crippen LogP contribution is -2.22. The van der Waals surface area contributed by atoms with Gasteiger partial charge in [-0.1, -0.05) is 83.3 Å². The Hall–Kier alpha value is -1.09. The molecule has 0 N–H and O–H groups in total. The zero-order chi connectivity index (χ0) is 11.9. The van der Waals surface area contributed by atoms with E-state index in [9.17, 15) is 0 Å². The number of rotatable bonds is 1. The van der Waals surface area contributed by atoms with Gasteiger partial charge in [0.1, 0.15) is 0 Å². The van der Waals surface area contributed by atoms with Crippen LogP contribution in [0.15, 0.2) is 48.5 Å². The van der Waals surface area contributed by atoms with Gasteiger partial charge in [-0.3, -0.25) is 0 Å². The summed E-state index contributed by atoms with van der Waals surface area (Å²) < 4.78 is 0.144. The van der Waals surface area contributed by atoms with Gasteiger partial charge in [0.2, 0.25) is 0 Å². The van der Waals surface area contributed by atoms with Crippen molar-refractivity contribution in [3.05, 3.63) is 59.0 Å². The van der Waals surface area contributed by atoms with Crippen LogP contribution >= 0.6 is 22.6 Å². The highest BCUT2D eigenvalue weighted by Gasteiger charge is 2.18. The Kier molecular flexibility index (Phi) is 2.58. The van der Waals surface area contributed by atoms with Crippen LogP contribution in [0.5, 0.6) is 0 Å². The highest BCUT2D eigenvalue weighted by Crippen LogP contribution is 2.25. The Balaban J connectivity index is 2.32. The fourth-order valence-electron chi connectivity index (χ4n) is 2.37. The van der Waals surface area contributed by atoms with E-state index in [2.05, 4.69) is 90.2 Å². The predicted octanol–water partition coefficient (Wildman–Crippen LogP) is 3.12. The molecule has 0 bridgehead atoms. The molecule has 0 amide bonds. The lowest BCUT2D eigenvalue weighted by atomic mass is 10.0. The third kappa shape index (κ3) is 2.04. The average Bonchev–Trinajstić information content (AvgIpc) is 2.63. The summed E-state index contributed by atoms with van der Waals surface area (Å²) in [6.45, 7) is 2.24. The van der Waals surface area contributed by atoms with Crippen LogP contribution in [-0.2, 0) is 0 Å². The molecule has 0 spiro atoms. The summed E-state index contributed by atoms with van der Waals surface area (Å²) in [6.07, 6.45) is 4.68. The molecule has 0 radical (unpaired) electrons. The Morgan fingerprint density at radius 2 is 1.65 bits per heavy atom. The van der Waals surface area contributed by atoms with Gasteiger partial charge in [0.25, 0.3) is 0 Å². The van der Waals surface area contributed by atoms with Crippen molar-refractivity contribution in [2.24, 2.45) is 0 Å². The molecule has 0 saturated heterocycles. The van der Waals surface area contributed by atoms with Gasteiger partial charge in [-0.15, -0.1) is 0 Å².